The summed E-state index contributed by atoms with van der Waals surface area (Å²) in [6.07, 6.45) is 1.09. The number of halogens is 2. The molecule has 1 aromatic rings. The lowest BCUT2D eigenvalue weighted by atomic mass is 9.86. The van der Waals surface area contributed by atoms with Crippen LogP contribution in [0.2, 0.25) is 0 Å². The zero-order valence-electron chi connectivity index (χ0n) is 11.6. The second-order valence-corrected chi connectivity index (χ2v) is 5.64. The van der Waals surface area contributed by atoms with Gasteiger partial charge in [-0.05, 0) is 56.0 Å². The maximum Gasteiger partial charge on any atom is 0.126 e. The Bertz CT molecular complexity index is 416. The maximum absolute atomic E-state index is 13.3. The van der Waals surface area contributed by atoms with Gasteiger partial charge in [0.15, 0.2) is 0 Å². The predicted molar refractivity (Wildman–Crippen MR) is 72.7 cm³/mol. The minimum atomic E-state index is -0.511. The van der Waals surface area contributed by atoms with Crippen LogP contribution in [0.1, 0.15) is 31.9 Å². The van der Waals surface area contributed by atoms with E-state index >= 15 is 0 Å². The molecule has 3 unspecified atom stereocenters. The number of hydrogen-bond acceptors (Lipinski definition) is 2. The highest BCUT2D eigenvalue weighted by Gasteiger charge is 2.28. The van der Waals surface area contributed by atoms with Gasteiger partial charge in [0.05, 0.1) is 0 Å². The zero-order chi connectivity index (χ0) is 14.0. The molecule has 1 heterocycles. The van der Waals surface area contributed by atoms with Gasteiger partial charge < -0.3 is 5.73 Å². The van der Waals surface area contributed by atoms with Crippen molar-refractivity contribution in [1.29, 1.82) is 0 Å². The van der Waals surface area contributed by atoms with Gasteiger partial charge in [-0.25, -0.2) is 8.78 Å². The maximum atomic E-state index is 13.3. The van der Waals surface area contributed by atoms with Gasteiger partial charge in [-0.2, -0.15) is 0 Å². The van der Waals surface area contributed by atoms with E-state index in [0.29, 0.717) is 23.9 Å². The van der Waals surface area contributed by atoms with Crippen molar-refractivity contribution in [3.63, 3.8) is 0 Å². The molecule has 1 aliphatic rings. The number of rotatable bonds is 3. The van der Waals surface area contributed by atoms with E-state index in [1.54, 1.807) is 0 Å². The summed E-state index contributed by atoms with van der Waals surface area (Å²) in [5, 5.41) is 0. The van der Waals surface area contributed by atoms with Crippen LogP contribution in [-0.2, 0) is 0 Å². The second kappa shape index (κ2) is 5.97. The lowest BCUT2D eigenvalue weighted by Crippen LogP contribution is -2.43. The molecular weight excluding hydrogens is 246 g/mol. The first kappa shape index (κ1) is 14.4. The third-order valence-electron chi connectivity index (χ3n) is 4.36. The number of hydrogen-bond donors (Lipinski definition) is 1. The fourth-order valence-corrected chi connectivity index (χ4v) is 2.86. The Morgan fingerprint density at radius 3 is 2.53 bits per heavy atom. The van der Waals surface area contributed by atoms with Gasteiger partial charge in [0.25, 0.3) is 0 Å². The van der Waals surface area contributed by atoms with Crippen molar-refractivity contribution in [2.24, 2.45) is 17.6 Å². The summed E-state index contributed by atoms with van der Waals surface area (Å²) in [5.41, 5.74) is 6.49. The minimum Gasteiger partial charge on any atom is -0.330 e. The molecule has 0 saturated carbocycles. The average molecular weight is 268 g/mol. The van der Waals surface area contributed by atoms with Gasteiger partial charge >= 0.3 is 0 Å². The molecule has 1 saturated heterocycles. The van der Waals surface area contributed by atoms with Gasteiger partial charge in [0.2, 0.25) is 0 Å². The van der Waals surface area contributed by atoms with Gasteiger partial charge in [0, 0.05) is 18.7 Å². The average Bonchev–Trinajstić information content (AvgIpc) is 2.37. The molecule has 19 heavy (non-hydrogen) atoms. The lowest BCUT2D eigenvalue weighted by molar-refractivity contribution is 0.0976. The quantitative estimate of drug-likeness (QED) is 0.913. The molecule has 0 amide bonds. The van der Waals surface area contributed by atoms with Crippen molar-refractivity contribution >= 4 is 0 Å². The molecule has 0 spiro atoms. The van der Waals surface area contributed by atoms with E-state index in [-0.39, 0.29) is 6.04 Å². The summed E-state index contributed by atoms with van der Waals surface area (Å²) in [7, 11) is 0. The van der Waals surface area contributed by atoms with Crippen LogP contribution < -0.4 is 5.73 Å². The number of benzene rings is 1. The highest BCUT2D eigenvalue weighted by atomic mass is 19.1. The fraction of sp³-hybridized carbons (Fsp3) is 0.600. The SMILES string of the molecule is CC1CCN(C(C)c2cc(F)cc(F)c2)CC1CN. The molecule has 4 heteroatoms. The Balaban J connectivity index is 2.12. The number of nitrogens with zero attached hydrogens (tertiary/aromatic N) is 1. The molecule has 0 aliphatic carbocycles. The van der Waals surface area contributed by atoms with Crippen LogP contribution in [0.3, 0.4) is 0 Å². The summed E-state index contributed by atoms with van der Waals surface area (Å²) in [6, 6.07) is 3.77. The van der Waals surface area contributed by atoms with Gasteiger partial charge in [0.1, 0.15) is 11.6 Å². The van der Waals surface area contributed by atoms with Crippen molar-refractivity contribution in [1.82, 2.24) is 4.90 Å². The van der Waals surface area contributed by atoms with Crippen LogP contribution >= 0.6 is 0 Å². The molecule has 2 N–H and O–H groups in total. The highest BCUT2D eigenvalue weighted by Crippen LogP contribution is 2.29. The van der Waals surface area contributed by atoms with Crippen molar-refractivity contribution in [2.45, 2.75) is 26.3 Å². The Morgan fingerprint density at radius 2 is 1.95 bits per heavy atom. The van der Waals surface area contributed by atoms with Crippen LogP contribution in [0, 0.1) is 23.5 Å². The first-order chi connectivity index (χ1) is 9.01. The van der Waals surface area contributed by atoms with E-state index in [9.17, 15) is 8.78 Å². The van der Waals surface area contributed by atoms with Crippen molar-refractivity contribution in [3.05, 3.63) is 35.4 Å². The van der Waals surface area contributed by atoms with Gasteiger partial charge in [-0.1, -0.05) is 6.92 Å². The standard InChI is InChI=1S/C15H22F2N2/c1-10-3-4-19(9-13(10)8-18)11(2)12-5-14(16)7-15(17)6-12/h5-7,10-11,13H,3-4,8-9,18H2,1-2H3. The summed E-state index contributed by atoms with van der Waals surface area (Å²) in [4.78, 5) is 2.27. The Hall–Kier alpha value is -1.00. The van der Waals surface area contributed by atoms with E-state index < -0.39 is 11.6 Å². The van der Waals surface area contributed by atoms with Crippen molar-refractivity contribution in [3.8, 4) is 0 Å². The molecule has 2 rings (SSSR count). The summed E-state index contributed by atoms with van der Waals surface area (Å²) < 4.78 is 26.6. The third-order valence-corrected chi connectivity index (χ3v) is 4.36. The first-order valence-electron chi connectivity index (χ1n) is 6.91. The topological polar surface area (TPSA) is 29.3 Å². The van der Waals surface area contributed by atoms with Gasteiger partial charge in [-0.15, -0.1) is 0 Å². The molecular formula is C15H22F2N2. The van der Waals surface area contributed by atoms with Crippen LogP contribution in [0.4, 0.5) is 8.78 Å². The molecule has 1 aromatic carbocycles. The largest absolute Gasteiger partial charge is 0.330 e. The minimum absolute atomic E-state index is 0.0201. The second-order valence-electron chi connectivity index (χ2n) is 5.64. The molecule has 1 fully saturated rings. The van der Waals surface area contributed by atoms with E-state index in [1.807, 2.05) is 6.92 Å². The van der Waals surface area contributed by atoms with Crippen LogP contribution in [0.25, 0.3) is 0 Å². The lowest BCUT2D eigenvalue weighted by Gasteiger charge is -2.40. The smallest absolute Gasteiger partial charge is 0.126 e. The molecule has 106 valence electrons. The Kier molecular flexibility index (Phi) is 4.53. The van der Waals surface area contributed by atoms with Gasteiger partial charge in [-0.3, -0.25) is 4.90 Å². The van der Waals surface area contributed by atoms with Crippen LogP contribution in [0.5, 0.6) is 0 Å². The summed E-state index contributed by atoms with van der Waals surface area (Å²) in [6.45, 7) is 6.75. The van der Waals surface area contributed by atoms with Crippen LogP contribution in [0.15, 0.2) is 18.2 Å². The summed E-state index contributed by atoms with van der Waals surface area (Å²) in [5.74, 6) is 0.0671. The van der Waals surface area contributed by atoms with Crippen molar-refractivity contribution < 1.29 is 8.78 Å². The fourth-order valence-electron chi connectivity index (χ4n) is 2.86. The van der Waals surface area contributed by atoms with Crippen molar-refractivity contribution in [2.75, 3.05) is 19.6 Å². The predicted octanol–water partition coefficient (Wildman–Crippen LogP) is 2.94. The highest BCUT2D eigenvalue weighted by molar-refractivity contribution is 5.21. The van der Waals surface area contributed by atoms with Crippen LogP contribution in [-0.4, -0.2) is 24.5 Å². The number of nitrogens with two attached hydrogens (primary N) is 1. The Labute approximate surface area is 113 Å². The summed E-state index contributed by atoms with van der Waals surface area (Å²) >= 11 is 0. The number of likely N-dealkylation sites (tertiary alicyclic amines) is 1. The van der Waals surface area contributed by atoms with E-state index in [0.717, 1.165) is 25.6 Å². The normalized spacial score (nSPS) is 26.4. The zero-order valence-corrected chi connectivity index (χ0v) is 11.6. The Morgan fingerprint density at radius 1 is 1.32 bits per heavy atom. The first-order valence-corrected chi connectivity index (χ1v) is 6.91. The number of piperidine rings is 1. The molecule has 2 nitrogen and oxygen atoms in total. The van der Waals surface area contributed by atoms with E-state index in [4.69, 9.17) is 5.73 Å². The molecule has 0 radical (unpaired) electrons. The molecule has 3 atom stereocenters. The molecule has 1 aliphatic heterocycles. The third kappa shape index (κ3) is 3.31. The van der Waals surface area contributed by atoms with E-state index in [1.165, 1.54) is 12.1 Å². The monoisotopic (exact) mass is 268 g/mol. The molecule has 0 aromatic heterocycles. The van der Waals surface area contributed by atoms with E-state index in [2.05, 4.69) is 11.8 Å². The molecule has 0 bridgehead atoms.